The van der Waals surface area contributed by atoms with E-state index in [1.807, 2.05) is 18.2 Å². The maximum absolute atomic E-state index is 13.4. The van der Waals surface area contributed by atoms with Gasteiger partial charge in [-0.1, -0.05) is 12.1 Å². The van der Waals surface area contributed by atoms with Crippen LogP contribution in [0.2, 0.25) is 0 Å². The summed E-state index contributed by atoms with van der Waals surface area (Å²) in [5, 5.41) is 11.8. The number of H-pyrrole nitrogens is 2. The van der Waals surface area contributed by atoms with Crippen molar-refractivity contribution >= 4 is 27.8 Å². The van der Waals surface area contributed by atoms with Crippen molar-refractivity contribution in [3.05, 3.63) is 73.1 Å². The number of anilines is 1. The first-order valence-corrected chi connectivity index (χ1v) is 11.2. The van der Waals surface area contributed by atoms with Crippen molar-refractivity contribution in [3.63, 3.8) is 0 Å². The molecule has 0 bridgehead atoms. The lowest BCUT2D eigenvalue weighted by Gasteiger charge is -2.10. The topological polar surface area (TPSA) is 108 Å². The molecule has 8 nitrogen and oxygen atoms in total. The zero-order valence-corrected chi connectivity index (χ0v) is 19.0. The number of aromatic nitrogens is 7. The number of hydrogen-bond donors (Lipinski definition) is 3. The molecule has 0 aliphatic heterocycles. The Kier molecular flexibility index (Phi) is 4.95. The molecule has 6 aromatic rings. The Morgan fingerprint density at radius 3 is 2.63 bits per heavy atom. The monoisotopic (exact) mass is 464 g/mol. The van der Waals surface area contributed by atoms with Crippen molar-refractivity contribution in [1.29, 1.82) is 0 Å². The second kappa shape index (κ2) is 8.28. The molecular formula is C26H21FN8. The molecule has 0 aliphatic rings. The average Bonchev–Trinajstić information content (AvgIpc) is 3.48. The van der Waals surface area contributed by atoms with E-state index < -0.39 is 0 Å². The minimum atomic E-state index is -0.283. The Labute approximate surface area is 199 Å². The van der Waals surface area contributed by atoms with E-state index in [1.165, 1.54) is 12.1 Å². The fraction of sp³-hybridized carbons (Fsp3) is 0.115. The largest absolute Gasteiger partial charge is 0.382 e. The molecule has 3 N–H and O–H groups in total. The average molecular weight is 465 g/mol. The van der Waals surface area contributed by atoms with Gasteiger partial charge in [0.05, 0.1) is 23.1 Å². The highest BCUT2D eigenvalue weighted by Gasteiger charge is 2.17. The second-order valence-corrected chi connectivity index (χ2v) is 8.60. The number of rotatable bonds is 5. The molecule has 35 heavy (non-hydrogen) atoms. The molecule has 0 atom stereocenters. The molecule has 5 heterocycles. The molecule has 0 amide bonds. The van der Waals surface area contributed by atoms with Crippen molar-refractivity contribution in [1.82, 2.24) is 35.1 Å². The predicted octanol–water partition coefficient (Wildman–Crippen LogP) is 5.58. The van der Waals surface area contributed by atoms with E-state index >= 15 is 0 Å². The summed E-state index contributed by atoms with van der Waals surface area (Å²) in [7, 11) is 0. The van der Waals surface area contributed by atoms with Gasteiger partial charge in [0, 0.05) is 41.1 Å². The summed E-state index contributed by atoms with van der Waals surface area (Å²) in [5.41, 5.74) is 7.11. The molecule has 0 saturated heterocycles. The van der Waals surface area contributed by atoms with Gasteiger partial charge >= 0.3 is 0 Å². The molecule has 9 heteroatoms. The molecule has 1 aromatic carbocycles. The number of hydrogen-bond acceptors (Lipinski definition) is 6. The van der Waals surface area contributed by atoms with Crippen LogP contribution in [0.25, 0.3) is 56.0 Å². The molecule has 0 spiro atoms. The van der Waals surface area contributed by atoms with Crippen LogP contribution in [0, 0.1) is 5.82 Å². The highest BCUT2D eigenvalue weighted by atomic mass is 19.1. The van der Waals surface area contributed by atoms with Crippen molar-refractivity contribution in [3.8, 4) is 33.9 Å². The van der Waals surface area contributed by atoms with Gasteiger partial charge in [0.25, 0.3) is 0 Å². The summed E-state index contributed by atoms with van der Waals surface area (Å²) >= 11 is 0. The van der Waals surface area contributed by atoms with Gasteiger partial charge in [-0.3, -0.25) is 15.1 Å². The van der Waals surface area contributed by atoms with Crippen molar-refractivity contribution < 1.29 is 4.39 Å². The fourth-order valence-corrected chi connectivity index (χ4v) is 4.13. The van der Waals surface area contributed by atoms with Crippen LogP contribution in [-0.4, -0.2) is 41.2 Å². The van der Waals surface area contributed by atoms with Gasteiger partial charge in [0.15, 0.2) is 11.5 Å². The summed E-state index contributed by atoms with van der Waals surface area (Å²) < 4.78 is 13.4. The first-order chi connectivity index (χ1) is 17.0. The predicted molar refractivity (Wildman–Crippen MR) is 134 cm³/mol. The molecule has 6 rings (SSSR count). The normalized spacial score (nSPS) is 11.5. The Hall–Kier alpha value is -4.66. The summed E-state index contributed by atoms with van der Waals surface area (Å²) in [6, 6.07) is 12.5. The van der Waals surface area contributed by atoms with Crippen molar-refractivity contribution in [2.75, 3.05) is 5.32 Å². The zero-order valence-electron chi connectivity index (χ0n) is 19.0. The summed E-state index contributed by atoms with van der Waals surface area (Å²) in [4.78, 5) is 21.5. The molecule has 0 saturated carbocycles. The molecule has 0 radical (unpaired) electrons. The van der Waals surface area contributed by atoms with Gasteiger partial charge in [-0.15, -0.1) is 0 Å². The second-order valence-electron chi connectivity index (χ2n) is 8.60. The highest BCUT2D eigenvalue weighted by molar-refractivity contribution is 5.96. The molecule has 5 aromatic heterocycles. The first kappa shape index (κ1) is 20.9. The van der Waals surface area contributed by atoms with E-state index in [-0.39, 0.29) is 5.82 Å². The number of fused-ring (bicyclic) bond motifs is 2. The molecular weight excluding hydrogens is 443 g/mol. The molecule has 0 unspecified atom stereocenters. The van der Waals surface area contributed by atoms with Crippen LogP contribution in [-0.2, 0) is 0 Å². The van der Waals surface area contributed by atoms with Crippen LogP contribution in [0.4, 0.5) is 10.1 Å². The minimum Gasteiger partial charge on any atom is -0.382 e. The number of halogens is 1. The summed E-state index contributed by atoms with van der Waals surface area (Å²) in [6.07, 6.45) is 7.05. The Balaban J connectivity index is 1.44. The van der Waals surface area contributed by atoms with Crippen molar-refractivity contribution in [2.24, 2.45) is 0 Å². The summed E-state index contributed by atoms with van der Waals surface area (Å²) in [6.45, 7) is 4.16. The van der Waals surface area contributed by atoms with E-state index in [4.69, 9.17) is 4.98 Å². The number of nitrogens with zero attached hydrogens (tertiary/aromatic N) is 5. The fourth-order valence-electron chi connectivity index (χ4n) is 4.13. The summed E-state index contributed by atoms with van der Waals surface area (Å²) in [5.74, 6) is 0.300. The maximum Gasteiger partial charge on any atom is 0.160 e. The number of imidazole rings is 1. The van der Waals surface area contributed by atoms with E-state index in [0.717, 1.165) is 39.0 Å². The SMILES string of the molecule is CC(C)Nc1cncc(-c2cc3c(-c4nc5c(-c6ccc(F)cc6)ccnc5[nH]4)n[nH]c3cn2)c1. The lowest BCUT2D eigenvalue weighted by molar-refractivity contribution is 0.628. The highest BCUT2D eigenvalue weighted by Crippen LogP contribution is 2.32. The number of aromatic amines is 2. The third-order valence-electron chi connectivity index (χ3n) is 5.70. The lowest BCUT2D eigenvalue weighted by Crippen LogP contribution is -2.09. The number of nitrogens with one attached hydrogen (secondary N) is 3. The maximum atomic E-state index is 13.4. The van der Waals surface area contributed by atoms with Gasteiger partial charge in [-0.25, -0.2) is 14.4 Å². The minimum absolute atomic E-state index is 0.283. The third kappa shape index (κ3) is 3.86. The van der Waals surface area contributed by atoms with E-state index in [9.17, 15) is 4.39 Å². The lowest BCUT2D eigenvalue weighted by atomic mass is 10.1. The molecule has 0 fully saturated rings. The molecule has 172 valence electrons. The quantitative estimate of drug-likeness (QED) is 0.307. The van der Waals surface area contributed by atoms with E-state index in [2.05, 4.69) is 49.3 Å². The van der Waals surface area contributed by atoms with Crippen LogP contribution >= 0.6 is 0 Å². The Bertz CT molecular complexity index is 1670. The Morgan fingerprint density at radius 2 is 1.80 bits per heavy atom. The first-order valence-electron chi connectivity index (χ1n) is 11.2. The van der Waals surface area contributed by atoms with Gasteiger partial charge in [0.1, 0.15) is 17.0 Å². The standard InChI is InChI=1S/C26H21FN8/c1-14(2)31-18-9-16(11-28-12-18)21-10-20-22(13-30-21)34-35-24(20)26-32-23-19(7-8-29-25(23)33-26)15-3-5-17(27)6-4-15/h3-14,31H,1-2H3,(H,34,35)(H,29,32,33). The van der Waals surface area contributed by atoms with Crippen molar-refractivity contribution in [2.45, 2.75) is 19.9 Å². The smallest absolute Gasteiger partial charge is 0.160 e. The zero-order chi connectivity index (χ0) is 23.9. The Morgan fingerprint density at radius 1 is 0.943 bits per heavy atom. The van der Waals surface area contributed by atoms with Crippen LogP contribution in [0.5, 0.6) is 0 Å². The van der Waals surface area contributed by atoms with E-state index in [1.54, 1.807) is 36.9 Å². The van der Waals surface area contributed by atoms with Crippen LogP contribution in [0.1, 0.15) is 13.8 Å². The van der Waals surface area contributed by atoms with Gasteiger partial charge in [0.2, 0.25) is 0 Å². The van der Waals surface area contributed by atoms with E-state index in [0.29, 0.717) is 28.7 Å². The van der Waals surface area contributed by atoms with Crippen LogP contribution < -0.4 is 5.32 Å². The van der Waals surface area contributed by atoms with Crippen LogP contribution in [0.3, 0.4) is 0 Å². The van der Waals surface area contributed by atoms with Gasteiger partial charge in [-0.05, 0) is 49.7 Å². The van der Waals surface area contributed by atoms with Gasteiger partial charge in [-0.2, -0.15) is 5.10 Å². The van der Waals surface area contributed by atoms with Crippen LogP contribution in [0.15, 0.2) is 67.3 Å². The van der Waals surface area contributed by atoms with Gasteiger partial charge < -0.3 is 10.3 Å². The number of benzene rings is 1. The molecule has 0 aliphatic carbocycles. The number of pyridine rings is 3. The third-order valence-corrected chi connectivity index (χ3v) is 5.70.